The molecule has 3 heteroatoms. The first kappa shape index (κ1) is 15.6. The molecule has 0 bridgehead atoms. The molecule has 0 heterocycles. The van der Waals surface area contributed by atoms with Crippen molar-refractivity contribution in [1.29, 1.82) is 0 Å². The second kappa shape index (κ2) is 7.83. The molecule has 19 heavy (non-hydrogen) atoms. The molecular weight excluding hydrogens is 238 g/mol. The van der Waals surface area contributed by atoms with E-state index in [4.69, 9.17) is 11.2 Å². The van der Waals surface area contributed by atoms with Gasteiger partial charge in [0.05, 0.1) is 6.04 Å². The SMILES string of the molecule is C#CC(CC)NCC(O)COc1cc(C)ccc1C. The number of nitrogens with one attached hydrogen (secondary N) is 1. The van der Waals surface area contributed by atoms with E-state index in [0.717, 1.165) is 23.3 Å². The zero-order valence-corrected chi connectivity index (χ0v) is 11.9. The lowest BCUT2D eigenvalue weighted by molar-refractivity contribution is 0.104. The van der Waals surface area contributed by atoms with E-state index in [1.54, 1.807) is 0 Å². The van der Waals surface area contributed by atoms with Crippen molar-refractivity contribution in [3.8, 4) is 18.1 Å². The minimum Gasteiger partial charge on any atom is -0.491 e. The van der Waals surface area contributed by atoms with E-state index in [9.17, 15) is 5.11 Å². The number of rotatable bonds is 7. The van der Waals surface area contributed by atoms with Crippen molar-refractivity contribution >= 4 is 0 Å². The Morgan fingerprint density at radius 3 is 2.79 bits per heavy atom. The highest BCUT2D eigenvalue weighted by atomic mass is 16.5. The first-order valence-corrected chi connectivity index (χ1v) is 6.64. The molecule has 2 atom stereocenters. The van der Waals surface area contributed by atoms with Gasteiger partial charge in [0.2, 0.25) is 0 Å². The van der Waals surface area contributed by atoms with E-state index in [-0.39, 0.29) is 12.6 Å². The summed E-state index contributed by atoms with van der Waals surface area (Å²) in [5.41, 5.74) is 2.22. The number of aryl methyl sites for hydroxylation is 2. The fourth-order valence-electron chi connectivity index (χ4n) is 1.71. The second-order valence-electron chi connectivity index (χ2n) is 4.77. The summed E-state index contributed by atoms with van der Waals surface area (Å²) >= 11 is 0. The number of aliphatic hydroxyl groups excluding tert-OH is 1. The van der Waals surface area contributed by atoms with Crippen molar-refractivity contribution in [2.24, 2.45) is 0 Å². The summed E-state index contributed by atoms with van der Waals surface area (Å²) in [5, 5.41) is 13.0. The molecule has 2 unspecified atom stereocenters. The molecule has 104 valence electrons. The minimum atomic E-state index is -0.567. The van der Waals surface area contributed by atoms with E-state index in [2.05, 4.69) is 11.2 Å². The van der Waals surface area contributed by atoms with Crippen LogP contribution in [0.25, 0.3) is 0 Å². The number of hydrogen-bond donors (Lipinski definition) is 2. The molecule has 0 spiro atoms. The second-order valence-corrected chi connectivity index (χ2v) is 4.77. The highest BCUT2D eigenvalue weighted by Gasteiger charge is 2.09. The fourth-order valence-corrected chi connectivity index (χ4v) is 1.71. The van der Waals surface area contributed by atoms with Crippen molar-refractivity contribution in [2.75, 3.05) is 13.2 Å². The summed E-state index contributed by atoms with van der Waals surface area (Å²) in [5.74, 6) is 3.46. The van der Waals surface area contributed by atoms with Crippen LogP contribution in [0.4, 0.5) is 0 Å². The predicted molar refractivity (Wildman–Crippen MR) is 78.3 cm³/mol. The average molecular weight is 261 g/mol. The van der Waals surface area contributed by atoms with E-state index >= 15 is 0 Å². The molecule has 0 fully saturated rings. The van der Waals surface area contributed by atoms with Crippen molar-refractivity contribution in [2.45, 2.75) is 39.3 Å². The van der Waals surface area contributed by atoms with Gasteiger partial charge in [-0.05, 0) is 37.5 Å². The lowest BCUT2D eigenvalue weighted by Gasteiger charge is -2.17. The summed E-state index contributed by atoms with van der Waals surface area (Å²) in [6.45, 7) is 6.72. The third kappa shape index (κ3) is 5.34. The van der Waals surface area contributed by atoms with Crippen molar-refractivity contribution in [1.82, 2.24) is 5.32 Å². The largest absolute Gasteiger partial charge is 0.491 e. The Balaban J connectivity index is 2.40. The first-order chi connectivity index (χ1) is 9.06. The number of benzene rings is 1. The van der Waals surface area contributed by atoms with Crippen LogP contribution in [0.5, 0.6) is 5.75 Å². The summed E-state index contributed by atoms with van der Waals surface area (Å²) < 4.78 is 5.64. The smallest absolute Gasteiger partial charge is 0.122 e. The summed E-state index contributed by atoms with van der Waals surface area (Å²) in [7, 11) is 0. The third-order valence-electron chi connectivity index (χ3n) is 2.98. The molecule has 0 amide bonds. The van der Waals surface area contributed by atoms with E-state index < -0.39 is 6.10 Å². The molecule has 2 N–H and O–H groups in total. The Kier molecular flexibility index (Phi) is 6.41. The van der Waals surface area contributed by atoms with E-state index in [1.165, 1.54) is 0 Å². The molecule has 0 saturated heterocycles. The van der Waals surface area contributed by atoms with E-state index in [0.29, 0.717) is 6.54 Å². The normalized spacial score (nSPS) is 13.6. The van der Waals surface area contributed by atoms with Crippen LogP contribution < -0.4 is 10.1 Å². The van der Waals surface area contributed by atoms with Crippen molar-refractivity contribution < 1.29 is 9.84 Å². The number of aliphatic hydroxyl groups is 1. The van der Waals surface area contributed by atoms with Crippen LogP contribution >= 0.6 is 0 Å². The summed E-state index contributed by atoms with van der Waals surface area (Å²) in [6, 6.07) is 6.04. The van der Waals surface area contributed by atoms with Gasteiger partial charge in [0.1, 0.15) is 18.5 Å². The van der Waals surface area contributed by atoms with E-state index in [1.807, 2.05) is 39.0 Å². The van der Waals surface area contributed by atoms with Crippen molar-refractivity contribution in [3.05, 3.63) is 29.3 Å². The molecular formula is C16H23NO2. The van der Waals surface area contributed by atoms with Gasteiger partial charge in [-0.3, -0.25) is 0 Å². The van der Waals surface area contributed by atoms with Gasteiger partial charge in [-0.1, -0.05) is 25.0 Å². The Labute approximate surface area is 116 Å². The van der Waals surface area contributed by atoms with Crippen LogP contribution in [0.3, 0.4) is 0 Å². The maximum atomic E-state index is 9.85. The maximum absolute atomic E-state index is 9.85. The molecule has 0 aliphatic carbocycles. The van der Waals surface area contributed by atoms with Gasteiger partial charge in [0.15, 0.2) is 0 Å². The first-order valence-electron chi connectivity index (χ1n) is 6.64. The lowest BCUT2D eigenvalue weighted by atomic mass is 10.1. The third-order valence-corrected chi connectivity index (χ3v) is 2.98. The highest BCUT2D eigenvalue weighted by Crippen LogP contribution is 2.19. The maximum Gasteiger partial charge on any atom is 0.122 e. The molecule has 1 rings (SSSR count). The molecule has 0 aromatic heterocycles. The molecule has 0 saturated carbocycles. The average Bonchev–Trinajstić information content (AvgIpc) is 2.41. The Morgan fingerprint density at radius 1 is 1.42 bits per heavy atom. The zero-order chi connectivity index (χ0) is 14.3. The minimum absolute atomic E-state index is 0.00959. The summed E-state index contributed by atoms with van der Waals surface area (Å²) in [4.78, 5) is 0. The van der Waals surface area contributed by atoms with Gasteiger partial charge >= 0.3 is 0 Å². The van der Waals surface area contributed by atoms with Crippen molar-refractivity contribution in [3.63, 3.8) is 0 Å². The highest BCUT2D eigenvalue weighted by molar-refractivity contribution is 5.35. The standard InChI is InChI=1S/C16H23NO2/c1-5-14(6-2)17-10-15(18)11-19-16-9-12(3)7-8-13(16)4/h1,7-9,14-15,17-18H,6,10-11H2,2-4H3. The van der Waals surface area contributed by atoms with Gasteiger partial charge in [0.25, 0.3) is 0 Å². The number of hydrogen-bond acceptors (Lipinski definition) is 3. The van der Waals surface area contributed by atoms with Crippen LogP contribution in [0.2, 0.25) is 0 Å². The Hall–Kier alpha value is -1.50. The lowest BCUT2D eigenvalue weighted by Crippen LogP contribution is -2.37. The quantitative estimate of drug-likeness (QED) is 0.738. The fraction of sp³-hybridized carbons (Fsp3) is 0.500. The molecule has 1 aromatic rings. The van der Waals surface area contributed by atoms with Crippen LogP contribution in [0.1, 0.15) is 24.5 Å². The molecule has 0 aliphatic rings. The van der Waals surface area contributed by atoms with Gasteiger partial charge in [-0.2, -0.15) is 0 Å². The van der Waals surface area contributed by atoms with Crippen LogP contribution in [-0.4, -0.2) is 30.4 Å². The van der Waals surface area contributed by atoms with Gasteiger partial charge < -0.3 is 15.2 Å². The number of terminal acetylenes is 1. The Bertz CT molecular complexity index is 437. The van der Waals surface area contributed by atoms with Crippen LogP contribution in [-0.2, 0) is 0 Å². The van der Waals surface area contributed by atoms with Gasteiger partial charge in [0, 0.05) is 6.54 Å². The van der Waals surface area contributed by atoms with Crippen LogP contribution in [0, 0.1) is 26.2 Å². The van der Waals surface area contributed by atoms with Crippen LogP contribution in [0.15, 0.2) is 18.2 Å². The Morgan fingerprint density at radius 2 is 2.16 bits per heavy atom. The van der Waals surface area contributed by atoms with Gasteiger partial charge in [-0.15, -0.1) is 6.42 Å². The molecule has 0 radical (unpaired) electrons. The molecule has 0 aliphatic heterocycles. The monoisotopic (exact) mass is 261 g/mol. The molecule has 1 aromatic carbocycles. The number of ether oxygens (including phenoxy) is 1. The van der Waals surface area contributed by atoms with Gasteiger partial charge in [-0.25, -0.2) is 0 Å². The molecule has 3 nitrogen and oxygen atoms in total. The zero-order valence-electron chi connectivity index (χ0n) is 11.9. The predicted octanol–water partition coefficient (Wildman–Crippen LogP) is 2.04. The topological polar surface area (TPSA) is 41.5 Å². The summed E-state index contributed by atoms with van der Waals surface area (Å²) in [6.07, 6.45) is 5.63.